The zero-order valence-electron chi connectivity index (χ0n) is 13.5. The first-order chi connectivity index (χ1) is 11.6. The van der Waals surface area contributed by atoms with Gasteiger partial charge in [0.2, 0.25) is 0 Å². The number of aryl methyl sites for hydroxylation is 1. The van der Waals surface area contributed by atoms with Gasteiger partial charge in [-0.3, -0.25) is 9.59 Å². The third-order valence-corrected chi connectivity index (χ3v) is 4.44. The van der Waals surface area contributed by atoms with Crippen LogP contribution >= 0.6 is 0 Å². The van der Waals surface area contributed by atoms with E-state index < -0.39 is 5.97 Å². The van der Waals surface area contributed by atoms with Crippen molar-refractivity contribution in [3.63, 3.8) is 0 Å². The van der Waals surface area contributed by atoms with Crippen LogP contribution in [0.1, 0.15) is 74.0 Å². The van der Waals surface area contributed by atoms with Crippen molar-refractivity contribution in [3.8, 4) is 0 Å². The lowest BCUT2D eigenvalue weighted by Gasteiger charge is -2.20. The smallest absolute Gasteiger partial charge is 0.336 e. The number of aromatic carboxylic acids is 1. The monoisotopic (exact) mass is 322 g/mol. The molecule has 24 heavy (non-hydrogen) atoms. The van der Waals surface area contributed by atoms with Gasteiger partial charge in [-0.2, -0.15) is 0 Å². The Balaban J connectivity index is 2.18. The summed E-state index contributed by atoms with van der Waals surface area (Å²) >= 11 is 0. The number of carbonyl (C=O) groups excluding carboxylic acids is 2. The van der Waals surface area contributed by atoms with Crippen LogP contribution in [0.3, 0.4) is 0 Å². The fourth-order valence-electron chi connectivity index (χ4n) is 3.25. The summed E-state index contributed by atoms with van der Waals surface area (Å²) in [5.41, 5.74) is 1.45. The fourth-order valence-corrected chi connectivity index (χ4v) is 3.25. The zero-order valence-corrected chi connectivity index (χ0v) is 13.5. The molecule has 0 unspecified atom stereocenters. The van der Waals surface area contributed by atoms with E-state index in [0.717, 1.165) is 19.3 Å². The molecule has 4 heteroatoms. The van der Waals surface area contributed by atoms with Crippen molar-refractivity contribution in [1.82, 2.24) is 0 Å². The predicted octanol–water partition coefficient (Wildman–Crippen LogP) is 3.89. The van der Waals surface area contributed by atoms with E-state index in [0.29, 0.717) is 17.5 Å². The lowest BCUT2D eigenvalue weighted by Crippen LogP contribution is -2.25. The Morgan fingerprint density at radius 3 is 2.21 bits per heavy atom. The molecule has 0 aliphatic heterocycles. The molecule has 0 fully saturated rings. The van der Waals surface area contributed by atoms with Gasteiger partial charge in [-0.05, 0) is 24.5 Å². The zero-order chi connectivity index (χ0) is 17.3. The highest BCUT2D eigenvalue weighted by Gasteiger charge is 2.34. The van der Waals surface area contributed by atoms with Gasteiger partial charge in [-0.1, -0.05) is 50.1 Å². The number of fused-ring (bicyclic) bond motifs is 2. The molecule has 4 nitrogen and oxygen atoms in total. The Morgan fingerprint density at radius 1 is 0.917 bits per heavy atom. The minimum Gasteiger partial charge on any atom is -0.478 e. The van der Waals surface area contributed by atoms with E-state index >= 15 is 0 Å². The third-order valence-electron chi connectivity index (χ3n) is 4.44. The molecular formula is C20H18O4. The summed E-state index contributed by atoms with van der Waals surface area (Å²) < 4.78 is 0. The van der Waals surface area contributed by atoms with Crippen LogP contribution in [-0.4, -0.2) is 22.6 Å². The summed E-state index contributed by atoms with van der Waals surface area (Å²) in [6, 6.07) is 9.84. The Hall–Kier alpha value is -2.75. The SMILES string of the molecule is CCCCCc1ccc2c(c1C(=O)O)C(=O)c1ccccc1C2=O. The summed E-state index contributed by atoms with van der Waals surface area (Å²) in [4.78, 5) is 37.3. The molecule has 1 aliphatic rings. The topological polar surface area (TPSA) is 71.4 Å². The number of hydrogen-bond acceptors (Lipinski definition) is 3. The Morgan fingerprint density at radius 2 is 1.58 bits per heavy atom. The van der Waals surface area contributed by atoms with E-state index in [-0.39, 0.29) is 33.8 Å². The average Bonchev–Trinajstić information content (AvgIpc) is 2.59. The van der Waals surface area contributed by atoms with Crippen molar-refractivity contribution in [1.29, 1.82) is 0 Å². The molecule has 0 bridgehead atoms. The average molecular weight is 322 g/mol. The standard InChI is InChI=1S/C20H18O4/c1-2-3-4-7-12-10-11-15-17(16(12)20(23)24)19(22)14-9-6-5-8-13(14)18(15)21/h5-6,8-11H,2-4,7H2,1H3,(H,23,24). The first kappa shape index (κ1) is 16.1. The Bertz CT molecular complexity index is 849. The van der Waals surface area contributed by atoms with E-state index in [9.17, 15) is 19.5 Å². The molecule has 0 saturated carbocycles. The largest absolute Gasteiger partial charge is 0.478 e. The van der Waals surface area contributed by atoms with Gasteiger partial charge in [0.15, 0.2) is 11.6 Å². The maximum Gasteiger partial charge on any atom is 0.336 e. The number of carbonyl (C=O) groups is 3. The highest BCUT2D eigenvalue weighted by Crippen LogP contribution is 2.31. The summed E-state index contributed by atoms with van der Waals surface area (Å²) in [6.45, 7) is 2.07. The van der Waals surface area contributed by atoms with Crippen molar-refractivity contribution in [2.75, 3.05) is 0 Å². The Kier molecular flexibility index (Phi) is 4.30. The van der Waals surface area contributed by atoms with Crippen LogP contribution in [0.5, 0.6) is 0 Å². The van der Waals surface area contributed by atoms with E-state index in [1.54, 1.807) is 36.4 Å². The van der Waals surface area contributed by atoms with Crippen LogP contribution in [0.15, 0.2) is 36.4 Å². The molecule has 1 aliphatic carbocycles. The minimum atomic E-state index is -1.15. The molecule has 2 aromatic rings. The fraction of sp³-hybridized carbons (Fsp3) is 0.250. The third kappa shape index (κ3) is 2.54. The lowest BCUT2D eigenvalue weighted by atomic mass is 9.80. The molecule has 0 radical (unpaired) electrons. The lowest BCUT2D eigenvalue weighted by molar-refractivity contribution is 0.0691. The second kappa shape index (κ2) is 6.40. The summed E-state index contributed by atoms with van der Waals surface area (Å²) in [7, 11) is 0. The van der Waals surface area contributed by atoms with Crippen LogP contribution in [0, 0.1) is 0 Å². The molecule has 0 amide bonds. The maximum atomic E-state index is 12.8. The summed E-state index contributed by atoms with van der Waals surface area (Å²) in [5.74, 6) is -1.82. The highest BCUT2D eigenvalue weighted by molar-refractivity contribution is 6.30. The van der Waals surface area contributed by atoms with Crippen molar-refractivity contribution < 1.29 is 19.5 Å². The van der Waals surface area contributed by atoms with Gasteiger partial charge >= 0.3 is 5.97 Å². The van der Waals surface area contributed by atoms with Crippen LogP contribution in [-0.2, 0) is 6.42 Å². The summed E-state index contributed by atoms with van der Waals surface area (Å²) in [6.07, 6.45) is 3.46. The second-order valence-corrected chi connectivity index (χ2v) is 5.99. The van der Waals surface area contributed by atoms with Crippen LogP contribution in [0.4, 0.5) is 0 Å². The van der Waals surface area contributed by atoms with Gasteiger partial charge < -0.3 is 5.11 Å². The van der Waals surface area contributed by atoms with E-state index in [1.165, 1.54) is 0 Å². The number of carboxylic acid groups (broad SMARTS) is 1. The molecule has 1 N–H and O–H groups in total. The number of benzene rings is 2. The quantitative estimate of drug-likeness (QED) is 0.723. The van der Waals surface area contributed by atoms with Gasteiger partial charge in [0.25, 0.3) is 0 Å². The molecule has 0 saturated heterocycles. The van der Waals surface area contributed by atoms with Crippen molar-refractivity contribution in [2.45, 2.75) is 32.6 Å². The molecule has 0 heterocycles. The molecule has 122 valence electrons. The van der Waals surface area contributed by atoms with Crippen LogP contribution < -0.4 is 0 Å². The molecule has 3 rings (SSSR count). The van der Waals surface area contributed by atoms with Crippen molar-refractivity contribution in [2.24, 2.45) is 0 Å². The highest BCUT2D eigenvalue weighted by atomic mass is 16.4. The van der Waals surface area contributed by atoms with Crippen LogP contribution in [0.2, 0.25) is 0 Å². The van der Waals surface area contributed by atoms with Gasteiger partial charge in [0, 0.05) is 22.3 Å². The van der Waals surface area contributed by atoms with Crippen molar-refractivity contribution in [3.05, 3.63) is 69.8 Å². The van der Waals surface area contributed by atoms with Crippen molar-refractivity contribution >= 4 is 17.5 Å². The Labute approximate surface area is 140 Å². The maximum absolute atomic E-state index is 12.8. The van der Waals surface area contributed by atoms with Crippen LogP contribution in [0.25, 0.3) is 0 Å². The second-order valence-electron chi connectivity index (χ2n) is 5.99. The number of rotatable bonds is 5. The first-order valence-electron chi connectivity index (χ1n) is 8.13. The number of hydrogen-bond donors (Lipinski definition) is 1. The molecule has 0 spiro atoms. The van der Waals surface area contributed by atoms with E-state index in [2.05, 4.69) is 6.92 Å². The molecular weight excluding hydrogens is 304 g/mol. The van der Waals surface area contributed by atoms with Gasteiger partial charge in [0.1, 0.15) is 0 Å². The normalized spacial score (nSPS) is 12.7. The van der Waals surface area contributed by atoms with Gasteiger partial charge in [-0.25, -0.2) is 4.79 Å². The minimum absolute atomic E-state index is 0.0172. The number of carboxylic acids is 1. The van der Waals surface area contributed by atoms with E-state index in [1.807, 2.05) is 0 Å². The molecule has 0 atom stereocenters. The summed E-state index contributed by atoms with van der Waals surface area (Å²) in [5, 5.41) is 9.67. The van der Waals surface area contributed by atoms with Gasteiger partial charge in [-0.15, -0.1) is 0 Å². The van der Waals surface area contributed by atoms with Gasteiger partial charge in [0.05, 0.1) is 5.56 Å². The van der Waals surface area contributed by atoms with E-state index in [4.69, 9.17) is 0 Å². The molecule has 2 aromatic carbocycles. The number of unbranched alkanes of at least 4 members (excludes halogenated alkanes) is 2. The first-order valence-corrected chi connectivity index (χ1v) is 8.13. The molecule has 0 aromatic heterocycles. The number of ketones is 2. The predicted molar refractivity (Wildman–Crippen MR) is 89.9 cm³/mol.